The van der Waals surface area contributed by atoms with Crippen molar-refractivity contribution in [3.63, 3.8) is 0 Å². The Morgan fingerprint density at radius 1 is 1.21 bits per heavy atom. The van der Waals surface area contributed by atoms with Crippen LogP contribution >= 0.6 is 23.6 Å². The van der Waals surface area contributed by atoms with Gasteiger partial charge in [-0.15, -0.1) is 11.3 Å². The van der Waals surface area contributed by atoms with Crippen LogP contribution in [-0.4, -0.2) is 23.3 Å². The molecule has 2 N–H and O–H groups in total. The van der Waals surface area contributed by atoms with Gasteiger partial charge in [0, 0.05) is 21.9 Å². The minimum atomic E-state index is -0.421. The van der Waals surface area contributed by atoms with Gasteiger partial charge in [-0.05, 0) is 24.7 Å². The molecule has 8 heteroatoms. The number of carbonyl (C=O) groups excluding carboxylic acids is 1. The Morgan fingerprint density at radius 2 is 1.90 bits per heavy atom. The summed E-state index contributed by atoms with van der Waals surface area (Å²) in [5, 5.41) is 11.0. The summed E-state index contributed by atoms with van der Waals surface area (Å²) in [6.07, 6.45) is 0. The molecule has 6 nitrogen and oxygen atoms in total. The lowest BCUT2D eigenvalue weighted by Crippen LogP contribution is -2.20. The monoisotopic (exact) mass is 429 g/mol. The highest BCUT2D eigenvalue weighted by molar-refractivity contribution is 7.80. The summed E-state index contributed by atoms with van der Waals surface area (Å²) in [7, 11) is 1.37. The zero-order valence-corrected chi connectivity index (χ0v) is 18.6. The summed E-state index contributed by atoms with van der Waals surface area (Å²) in [4.78, 5) is 13.5. The van der Waals surface area contributed by atoms with Crippen LogP contribution in [0.25, 0.3) is 11.1 Å². The number of ether oxygens (including phenoxy) is 1. The van der Waals surface area contributed by atoms with Crippen LogP contribution in [-0.2, 0) is 10.2 Å². The van der Waals surface area contributed by atoms with E-state index in [1.807, 2.05) is 64.1 Å². The lowest BCUT2D eigenvalue weighted by molar-refractivity contribution is 0.0603. The molecule has 0 saturated carbocycles. The first-order valence-electron chi connectivity index (χ1n) is 9.03. The van der Waals surface area contributed by atoms with Crippen LogP contribution in [0.1, 0.15) is 41.8 Å². The van der Waals surface area contributed by atoms with Crippen molar-refractivity contribution in [2.24, 2.45) is 0 Å². The predicted molar refractivity (Wildman–Crippen MR) is 121 cm³/mol. The van der Waals surface area contributed by atoms with Crippen molar-refractivity contribution in [1.29, 1.82) is 0 Å². The second kappa shape index (κ2) is 8.34. The number of benzene rings is 1. The van der Waals surface area contributed by atoms with Gasteiger partial charge in [-0.3, -0.25) is 0 Å². The third-order valence-corrected chi connectivity index (χ3v) is 5.48. The van der Waals surface area contributed by atoms with Gasteiger partial charge in [0.25, 0.3) is 0 Å². The zero-order chi connectivity index (χ0) is 21.2. The second-order valence-electron chi connectivity index (χ2n) is 7.50. The standard InChI is InChI=1S/C21H23N3O3S2/c1-12-16(13-9-7-6-8-10-13)17(19(25)26-5)18(29-12)23-20(28)22-15-11-14(27-24-15)21(2,3)4/h6-11H,1-5H3,(H2,22,23,24,28). The fraction of sp³-hybridized carbons (Fsp3) is 0.286. The first-order chi connectivity index (χ1) is 13.7. The van der Waals surface area contributed by atoms with Crippen molar-refractivity contribution >= 4 is 45.5 Å². The molecule has 0 aliphatic heterocycles. The molecule has 0 amide bonds. The summed E-state index contributed by atoms with van der Waals surface area (Å²) in [5.41, 5.74) is 2.08. The predicted octanol–water partition coefficient (Wildman–Crippen LogP) is 5.60. The number of aryl methyl sites for hydroxylation is 1. The average Bonchev–Trinajstić information content (AvgIpc) is 3.26. The highest BCUT2D eigenvalue weighted by Crippen LogP contribution is 2.40. The SMILES string of the molecule is COC(=O)c1c(NC(=S)Nc2cc(C(C)(C)C)on2)sc(C)c1-c1ccccc1. The Balaban J connectivity index is 1.88. The van der Waals surface area contributed by atoms with Gasteiger partial charge in [-0.2, -0.15) is 0 Å². The molecule has 0 unspecified atom stereocenters. The summed E-state index contributed by atoms with van der Waals surface area (Å²) < 4.78 is 10.4. The number of hydrogen-bond donors (Lipinski definition) is 2. The number of nitrogens with one attached hydrogen (secondary N) is 2. The van der Waals surface area contributed by atoms with E-state index in [9.17, 15) is 4.79 Å². The number of hydrogen-bond acceptors (Lipinski definition) is 6. The third kappa shape index (κ3) is 4.65. The molecule has 1 aromatic carbocycles. The Morgan fingerprint density at radius 3 is 2.48 bits per heavy atom. The minimum absolute atomic E-state index is 0.157. The molecule has 152 valence electrons. The Bertz CT molecular complexity index is 1030. The van der Waals surface area contributed by atoms with E-state index in [0.717, 1.165) is 21.8 Å². The highest BCUT2D eigenvalue weighted by atomic mass is 32.1. The number of carbonyl (C=O) groups is 1. The van der Waals surface area contributed by atoms with Crippen molar-refractivity contribution < 1.29 is 14.1 Å². The molecule has 2 aromatic heterocycles. The Labute approximate surface area is 179 Å². The molecule has 0 radical (unpaired) electrons. The number of nitrogens with zero attached hydrogens (tertiary/aromatic N) is 1. The first kappa shape index (κ1) is 21.0. The molecule has 3 aromatic rings. The van der Waals surface area contributed by atoms with Crippen molar-refractivity contribution in [2.45, 2.75) is 33.1 Å². The molecule has 0 aliphatic rings. The van der Waals surface area contributed by atoms with Gasteiger partial charge in [0.2, 0.25) is 0 Å². The van der Waals surface area contributed by atoms with E-state index >= 15 is 0 Å². The molecule has 3 rings (SSSR count). The quantitative estimate of drug-likeness (QED) is 0.413. The molecule has 0 atom stereocenters. The van der Waals surface area contributed by atoms with Gasteiger partial charge in [0.1, 0.15) is 16.3 Å². The topological polar surface area (TPSA) is 76.4 Å². The number of aromatic nitrogens is 1. The summed E-state index contributed by atoms with van der Waals surface area (Å²) in [6.45, 7) is 8.08. The maximum absolute atomic E-state index is 12.5. The molecule has 0 bridgehead atoms. The lowest BCUT2D eigenvalue weighted by atomic mass is 9.93. The Kier molecular flexibility index (Phi) is 6.04. The molecular weight excluding hydrogens is 406 g/mol. The van der Waals surface area contributed by atoms with Gasteiger partial charge in [-0.25, -0.2) is 4.79 Å². The van der Waals surface area contributed by atoms with Gasteiger partial charge in [0.05, 0.1) is 7.11 Å². The van der Waals surface area contributed by atoms with E-state index in [1.165, 1.54) is 18.4 Å². The maximum atomic E-state index is 12.5. The van der Waals surface area contributed by atoms with E-state index in [4.69, 9.17) is 21.5 Å². The van der Waals surface area contributed by atoms with Gasteiger partial charge in [0.15, 0.2) is 10.9 Å². The van der Waals surface area contributed by atoms with Gasteiger partial charge in [-0.1, -0.05) is 56.3 Å². The van der Waals surface area contributed by atoms with Crippen LogP contribution in [0.3, 0.4) is 0 Å². The van der Waals surface area contributed by atoms with Gasteiger partial charge >= 0.3 is 5.97 Å². The number of thiocarbonyl (C=S) groups is 1. The van der Waals surface area contributed by atoms with Crippen molar-refractivity contribution in [3.8, 4) is 11.1 Å². The summed E-state index contributed by atoms with van der Waals surface area (Å²) in [5.74, 6) is 0.829. The van der Waals surface area contributed by atoms with E-state index in [0.29, 0.717) is 21.5 Å². The van der Waals surface area contributed by atoms with Crippen LogP contribution in [0.2, 0.25) is 0 Å². The summed E-state index contributed by atoms with van der Waals surface area (Å²) in [6, 6.07) is 11.5. The molecular formula is C21H23N3O3S2. The normalized spacial score (nSPS) is 11.2. The van der Waals surface area contributed by atoms with E-state index in [-0.39, 0.29) is 5.41 Å². The Hall–Kier alpha value is -2.71. The number of methoxy groups -OCH3 is 1. The van der Waals surface area contributed by atoms with E-state index < -0.39 is 5.97 Å². The minimum Gasteiger partial charge on any atom is -0.465 e. The van der Waals surface area contributed by atoms with Crippen LogP contribution in [0.15, 0.2) is 40.9 Å². The third-order valence-electron chi connectivity index (χ3n) is 4.25. The van der Waals surface area contributed by atoms with E-state index in [1.54, 1.807) is 0 Å². The number of thiophene rings is 1. The lowest BCUT2D eigenvalue weighted by Gasteiger charge is -2.12. The van der Waals surface area contributed by atoms with Gasteiger partial charge < -0.3 is 19.9 Å². The average molecular weight is 430 g/mol. The smallest absolute Gasteiger partial charge is 0.341 e. The zero-order valence-electron chi connectivity index (χ0n) is 17.0. The fourth-order valence-corrected chi connectivity index (χ4v) is 4.16. The molecule has 0 fully saturated rings. The molecule has 29 heavy (non-hydrogen) atoms. The van der Waals surface area contributed by atoms with Crippen molar-refractivity contribution in [1.82, 2.24) is 5.16 Å². The fourth-order valence-electron chi connectivity index (χ4n) is 2.82. The largest absolute Gasteiger partial charge is 0.465 e. The maximum Gasteiger partial charge on any atom is 0.341 e. The van der Waals surface area contributed by atoms with Crippen LogP contribution < -0.4 is 10.6 Å². The van der Waals surface area contributed by atoms with E-state index in [2.05, 4.69) is 15.8 Å². The van der Waals surface area contributed by atoms with Crippen molar-refractivity contribution in [3.05, 3.63) is 52.6 Å². The van der Waals surface area contributed by atoms with Crippen LogP contribution in [0.4, 0.5) is 10.8 Å². The van der Waals surface area contributed by atoms with Crippen LogP contribution in [0, 0.1) is 6.92 Å². The van der Waals surface area contributed by atoms with Crippen LogP contribution in [0.5, 0.6) is 0 Å². The van der Waals surface area contributed by atoms with Crippen molar-refractivity contribution in [2.75, 3.05) is 17.7 Å². The first-order valence-corrected chi connectivity index (χ1v) is 10.3. The molecule has 2 heterocycles. The molecule has 0 spiro atoms. The number of esters is 1. The highest BCUT2D eigenvalue weighted by Gasteiger charge is 2.25. The molecule has 0 aliphatic carbocycles. The second-order valence-corrected chi connectivity index (χ2v) is 9.13. The number of anilines is 2. The summed E-state index contributed by atoms with van der Waals surface area (Å²) >= 11 is 6.87. The number of rotatable bonds is 4. The molecule has 0 saturated heterocycles.